The Labute approximate surface area is 139 Å². The molecule has 2 aromatic rings. The number of methoxy groups -OCH3 is 1. The fourth-order valence-electron chi connectivity index (χ4n) is 2.85. The van der Waals surface area contributed by atoms with Crippen LogP contribution in [0.15, 0.2) is 24.4 Å². The Balaban J connectivity index is 1.63. The highest BCUT2D eigenvalue weighted by Crippen LogP contribution is 2.25. The van der Waals surface area contributed by atoms with E-state index < -0.39 is 0 Å². The average Bonchev–Trinajstić information content (AvgIpc) is 2.98. The van der Waals surface area contributed by atoms with Gasteiger partial charge in [-0.05, 0) is 37.0 Å². The van der Waals surface area contributed by atoms with Crippen LogP contribution in [0.3, 0.4) is 0 Å². The Kier molecular flexibility index (Phi) is 4.83. The predicted molar refractivity (Wildman–Crippen MR) is 88.7 cm³/mol. The smallest absolute Gasteiger partial charge is 0.319 e. The van der Waals surface area contributed by atoms with Crippen molar-refractivity contribution in [2.45, 2.75) is 31.9 Å². The van der Waals surface area contributed by atoms with Crippen molar-refractivity contribution in [2.75, 3.05) is 12.4 Å². The molecule has 2 amide bonds. The zero-order chi connectivity index (χ0) is 16.2. The number of H-pyrrole nitrogens is 1. The molecule has 1 heterocycles. The number of halogens is 1. The number of carbonyl (C=O) groups is 1. The summed E-state index contributed by atoms with van der Waals surface area (Å²) in [6.07, 6.45) is 4.41. The summed E-state index contributed by atoms with van der Waals surface area (Å²) < 4.78 is 5.14. The first-order valence-electron chi connectivity index (χ1n) is 7.52. The lowest BCUT2D eigenvalue weighted by atomic mass is 9.94. The highest BCUT2D eigenvalue weighted by molar-refractivity contribution is 6.31. The van der Waals surface area contributed by atoms with Crippen LogP contribution in [0.4, 0.5) is 10.5 Å². The van der Waals surface area contributed by atoms with Crippen LogP contribution in [0.1, 0.15) is 23.2 Å². The number of nitrogens with one attached hydrogen (secondary N) is 3. The van der Waals surface area contributed by atoms with Crippen molar-refractivity contribution in [1.29, 1.82) is 0 Å². The summed E-state index contributed by atoms with van der Waals surface area (Å²) in [5.41, 5.74) is 3.77. The molecule has 0 saturated carbocycles. The third-order valence-electron chi connectivity index (χ3n) is 4.01. The number of hydrogen-bond donors (Lipinski definition) is 3. The largest absolute Gasteiger partial charge is 0.380 e. The lowest BCUT2D eigenvalue weighted by molar-refractivity contribution is 0.185. The van der Waals surface area contributed by atoms with E-state index in [1.165, 1.54) is 11.3 Å². The molecule has 1 aliphatic rings. The number of aryl methyl sites for hydroxylation is 1. The van der Waals surface area contributed by atoms with E-state index in [1.54, 1.807) is 19.2 Å². The van der Waals surface area contributed by atoms with Gasteiger partial charge in [0.05, 0.1) is 12.8 Å². The summed E-state index contributed by atoms with van der Waals surface area (Å²) in [5.74, 6) is 0. The summed E-state index contributed by atoms with van der Waals surface area (Å²) in [6, 6.07) is 5.26. The molecule has 6 nitrogen and oxygen atoms in total. The van der Waals surface area contributed by atoms with E-state index in [2.05, 4.69) is 20.8 Å². The van der Waals surface area contributed by atoms with Crippen LogP contribution in [-0.2, 0) is 24.2 Å². The first-order valence-corrected chi connectivity index (χ1v) is 7.90. The van der Waals surface area contributed by atoms with E-state index >= 15 is 0 Å². The van der Waals surface area contributed by atoms with Crippen molar-refractivity contribution in [3.8, 4) is 0 Å². The number of anilines is 1. The highest BCUT2D eigenvalue weighted by atomic mass is 35.5. The third-order valence-corrected chi connectivity index (χ3v) is 4.36. The zero-order valence-electron chi connectivity index (χ0n) is 12.9. The molecule has 0 radical (unpaired) electrons. The Morgan fingerprint density at radius 3 is 3.22 bits per heavy atom. The second-order valence-electron chi connectivity index (χ2n) is 5.61. The fraction of sp³-hybridized carbons (Fsp3) is 0.375. The standard InChI is InChI=1S/C16H19ClN4O2/c1-23-9-12-13(17)3-2-4-15(12)20-16(22)19-11-5-6-14-10(7-11)8-18-21-14/h2-4,8,11H,5-7,9H2,1H3,(H,18,21)(H2,19,20,22)/t11-/m1/s1. The van der Waals surface area contributed by atoms with Gasteiger partial charge in [-0.25, -0.2) is 4.79 Å². The first kappa shape index (κ1) is 15.8. The lowest BCUT2D eigenvalue weighted by Crippen LogP contribution is -2.41. The molecule has 1 aromatic heterocycles. The van der Waals surface area contributed by atoms with Gasteiger partial charge in [0, 0.05) is 35.1 Å². The normalized spacial score (nSPS) is 16.7. The SMILES string of the molecule is COCc1c(Cl)cccc1NC(=O)N[C@@H]1CCc2[nH]ncc2C1. The Morgan fingerprint density at radius 1 is 1.52 bits per heavy atom. The number of aromatic amines is 1. The second-order valence-corrected chi connectivity index (χ2v) is 6.02. The third kappa shape index (κ3) is 3.65. The van der Waals surface area contributed by atoms with Crippen molar-refractivity contribution in [3.05, 3.63) is 46.2 Å². The number of hydrogen-bond acceptors (Lipinski definition) is 3. The number of benzene rings is 1. The number of fused-ring (bicyclic) bond motifs is 1. The second kappa shape index (κ2) is 7.02. The van der Waals surface area contributed by atoms with Crippen molar-refractivity contribution in [1.82, 2.24) is 15.5 Å². The number of rotatable bonds is 4. The summed E-state index contributed by atoms with van der Waals surface area (Å²) in [4.78, 5) is 12.3. The molecule has 0 spiro atoms. The monoisotopic (exact) mass is 334 g/mol. The van der Waals surface area contributed by atoms with Crippen molar-refractivity contribution in [2.24, 2.45) is 0 Å². The number of amides is 2. The van der Waals surface area contributed by atoms with Crippen molar-refractivity contribution < 1.29 is 9.53 Å². The van der Waals surface area contributed by atoms with Crippen molar-refractivity contribution in [3.63, 3.8) is 0 Å². The maximum atomic E-state index is 12.3. The van der Waals surface area contributed by atoms with Crippen LogP contribution in [0.25, 0.3) is 0 Å². The zero-order valence-corrected chi connectivity index (χ0v) is 13.6. The molecule has 0 aliphatic heterocycles. The minimum atomic E-state index is -0.235. The Bertz CT molecular complexity index is 701. The summed E-state index contributed by atoms with van der Waals surface area (Å²) >= 11 is 6.17. The molecular formula is C16H19ClN4O2. The molecule has 1 atom stereocenters. The average molecular weight is 335 g/mol. The summed E-state index contributed by atoms with van der Waals surface area (Å²) in [6.45, 7) is 0.344. The molecule has 122 valence electrons. The Hall–Kier alpha value is -2.05. The van der Waals surface area contributed by atoms with Gasteiger partial charge in [-0.15, -0.1) is 0 Å². The van der Waals surface area contributed by atoms with Gasteiger partial charge in [-0.2, -0.15) is 5.10 Å². The molecule has 1 aliphatic carbocycles. The molecule has 0 saturated heterocycles. The van der Waals surface area contributed by atoms with Gasteiger partial charge in [0.1, 0.15) is 0 Å². The number of urea groups is 1. The number of nitrogens with zero attached hydrogens (tertiary/aromatic N) is 1. The van der Waals surface area contributed by atoms with Gasteiger partial charge in [-0.3, -0.25) is 5.10 Å². The quantitative estimate of drug-likeness (QED) is 0.804. The molecule has 3 N–H and O–H groups in total. The molecular weight excluding hydrogens is 316 g/mol. The molecule has 1 aromatic carbocycles. The van der Waals surface area contributed by atoms with Gasteiger partial charge >= 0.3 is 6.03 Å². The predicted octanol–water partition coefficient (Wildman–Crippen LogP) is 2.89. The van der Waals surface area contributed by atoms with Gasteiger partial charge in [0.15, 0.2) is 0 Å². The van der Waals surface area contributed by atoms with Gasteiger partial charge < -0.3 is 15.4 Å². The van der Waals surface area contributed by atoms with E-state index in [1.807, 2.05) is 12.3 Å². The maximum absolute atomic E-state index is 12.3. The van der Waals surface area contributed by atoms with E-state index in [9.17, 15) is 4.79 Å². The van der Waals surface area contributed by atoms with Gasteiger partial charge in [-0.1, -0.05) is 17.7 Å². The van der Waals surface area contributed by atoms with Crippen LogP contribution in [-0.4, -0.2) is 29.4 Å². The van der Waals surface area contributed by atoms with Crippen LogP contribution < -0.4 is 10.6 Å². The number of carbonyl (C=O) groups excluding carboxylic acids is 1. The fourth-order valence-corrected chi connectivity index (χ4v) is 3.08. The number of aromatic nitrogens is 2. The molecule has 7 heteroatoms. The summed E-state index contributed by atoms with van der Waals surface area (Å²) in [5, 5.41) is 13.5. The lowest BCUT2D eigenvalue weighted by Gasteiger charge is -2.23. The topological polar surface area (TPSA) is 79.0 Å². The van der Waals surface area contributed by atoms with E-state index in [0.717, 1.165) is 24.8 Å². The molecule has 3 rings (SSSR count). The first-order chi connectivity index (χ1) is 11.2. The van der Waals surface area contributed by atoms with E-state index in [-0.39, 0.29) is 12.1 Å². The van der Waals surface area contributed by atoms with Crippen LogP contribution >= 0.6 is 11.6 Å². The van der Waals surface area contributed by atoms with Crippen molar-refractivity contribution >= 4 is 23.3 Å². The minimum Gasteiger partial charge on any atom is -0.380 e. The Morgan fingerprint density at radius 2 is 2.39 bits per heavy atom. The van der Waals surface area contributed by atoms with Crippen LogP contribution in [0.2, 0.25) is 5.02 Å². The van der Waals surface area contributed by atoms with Gasteiger partial charge in [0.2, 0.25) is 0 Å². The maximum Gasteiger partial charge on any atom is 0.319 e. The van der Waals surface area contributed by atoms with E-state index in [0.29, 0.717) is 17.3 Å². The van der Waals surface area contributed by atoms with Crippen LogP contribution in [0.5, 0.6) is 0 Å². The number of ether oxygens (including phenoxy) is 1. The minimum absolute atomic E-state index is 0.102. The molecule has 0 bridgehead atoms. The molecule has 23 heavy (non-hydrogen) atoms. The summed E-state index contributed by atoms with van der Waals surface area (Å²) in [7, 11) is 1.59. The molecule has 0 unspecified atom stereocenters. The highest BCUT2D eigenvalue weighted by Gasteiger charge is 2.21. The van der Waals surface area contributed by atoms with Gasteiger partial charge in [0.25, 0.3) is 0 Å². The molecule has 0 fully saturated rings. The van der Waals surface area contributed by atoms with Crippen LogP contribution in [0, 0.1) is 0 Å². The van der Waals surface area contributed by atoms with E-state index in [4.69, 9.17) is 16.3 Å².